The summed E-state index contributed by atoms with van der Waals surface area (Å²) in [6.45, 7) is 0. The van der Waals surface area contributed by atoms with E-state index in [0.717, 1.165) is 5.56 Å². The van der Waals surface area contributed by atoms with E-state index in [9.17, 15) is 5.11 Å². The monoisotopic (exact) mass is 289 g/mol. The molecule has 0 bridgehead atoms. The second-order valence-corrected chi connectivity index (χ2v) is 4.53. The minimum atomic E-state index is -0.719. The largest absolute Gasteiger partial charge is 0.496 e. The summed E-state index contributed by atoms with van der Waals surface area (Å²) in [7, 11) is 4.67. The van der Waals surface area contributed by atoms with E-state index in [1.165, 1.54) is 0 Å². The van der Waals surface area contributed by atoms with Gasteiger partial charge in [-0.2, -0.15) is 0 Å². The van der Waals surface area contributed by atoms with E-state index in [4.69, 9.17) is 14.2 Å². The number of aromatic nitrogens is 1. The molecule has 1 aromatic heterocycles. The van der Waals surface area contributed by atoms with Crippen molar-refractivity contribution in [2.24, 2.45) is 0 Å². The molecule has 0 radical (unpaired) electrons. The van der Waals surface area contributed by atoms with Crippen LogP contribution in [0.2, 0.25) is 0 Å². The molecular weight excluding hydrogens is 270 g/mol. The standard InChI is InChI=1S/C16H19NO4/c1-19-14-9-16(21-3)15(20-2)8-12(14)13(18)7-11-5-4-6-17-10-11/h4-6,8-10,13,18H,7H2,1-3H3. The highest BCUT2D eigenvalue weighted by atomic mass is 16.5. The van der Waals surface area contributed by atoms with Gasteiger partial charge in [0.05, 0.1) is 27.4 Å². The number of nitrogens with zero attached hydrogens (tertiary/aromatic N) is 1. The fraction of sp³-hybridized carbons (Fsp3) is 0.312. The Kier molecular flexibility index (Phi) is 5.00. The molecule has 1 N–H and O–H groups in total. The van der Waals surface area contributed by atoms with Crippen LogP contribution in [0.4, 0.5) is 0 Å². The van der Waals surface area contributed by atoms with Crippen molar-refractivity contribution in [3.05, 3.63) is 47.8 Å². The normalized spacial score (nSPS) is 11.8. The first kappa shape index (κ1) is 15.1. The Morgan fingerprint density at radius 1 is 1.05 bits per heavy atom. The molecule has 1 unspecified atom stereocenters. The highest BCUT2D eigenvalue weighted by Crippen LogP contribution is 2.38. The highest BCUT2D eigenvalue weighted by Gasteiger charge is 2.18. The molecule has 0 amide bonds. The summed E-state index contributed by atoms with van der Waals surface area (Å²) < 4.78 is 15.8. The molecule has 0 saturated heterocycles. The summed E-state index contributed by atoms with van der Waals surface area (Å²) in [5.41, 5.74) is 1.60. The van der Waals surface area contributed by atoms with E-state index in [1.54, 1.807) is 45.9 Å². The molecule has 0 aliphatic carbocycles. The first-order valence-corrected chi connectivity index (χ1v) is 6.56. The molecule has 1 heterocycles. The fourth-order valence-electron chi connectivity index (χ4n) is 2.17. The Morgan fingerprint density at radius 2 is 1.71 bits per heavy atom. The molecule has 1 atom stereocenters. The van der Waals surface area contributed by atoms with Crippen LogP contribution >= 0.6 is 0 Å². The molecule has 0 fully saturated rings. The van der Waals surface area contributed by atoms with Crippen molar-refractivity contribution in [3.8, 4) is 17.2 Å². The second kappa shape index (κ2) is 6.95. The molecule has 0 aliphatic rings. The van der Waals surface area contributed by atoms with Crippen LogP contribution in [-0.2, 0) is 6.42 Å². The van der Waals surface area contributed by atoms with Gasteiger partial charge in [-0.15, -0.1) is 0 Å². The Morgan fingerprint density at radius 3 is 2.29 bits per heavy atom. The Balaban J connectivity index is 2.33. The summed E-state index contributed by atoms with van der Waals surface area (Å²) in [6.07, 6.45) is 3.16. The van der Waals surface area contributed by atoms with Crippen molar-refractivity contribution in [2.45, 2.75) is 12.5 Å². The number of ether oxygens (including phenoxy) is 3. The third-order valence-corrected chi connectivity index (χ3v) is 3.25. The van der Waals surface area contributed by atoms with Gasteiger partial charge in [-0.05, 0) is 17.7 Å². The third-order valence-electron chi connectivity index (χ3n) is 3.25. The third kappa shape index (κ3) is 3.44. The molecule has 0 aliphatic heterocycles. The van der Waals surface area contributed by atoms with Crippen LogP contribution in [0.25, 0.3) is 0 Å². The molecular formula is C16H19NO4. The second-order valence-electron chi connectivity index (χ2n) is 4.53. The lowest BCUT2D eigenvalue weighted by molar-refractivity contribution is 0.173. The van der Waals surface area contributed by atoms with Gasteiger partial charge in [-0.25, -0.2) is 0 Å². The average Bonchev–Trinajstić information content (AvgIpc) is 2.54. The number of aliphatic hydroxyl groups excluding tert-OH is 1. The first-order chi connectivity index (χ1) is 10.2. The lowest BCUT2D eigenvalue weighted by Gasteiger charge is -2.18. The molecule has 0 spiro atoms. The average molecular weight is 289 g/mol. The van der Waals surface area contributed by atoms with Gasteiger partial charge in [-0.1, -0.05) is 6.07 Å². The fourth-order valence-corrected chi connectivity index (χ4v) is 2.17. The molecule has 2 rings (SSSR count). The summed E-state index contributed by atoms with van der Waals surface area (Å²) in [4.78, 5) is 4.05. The Labute approximate surface area is 124 Å². The molecule has 21 heavy (non-hydrogen) atoms. The Bertz CT molecular complexity index is 586. The van der Waals surface area contributed by atoms with Gasteiger partial charge in [0.1, 0.15) is 5.75 Å². The van der Waals surface area contributed by atoms with Crippen LogP contribution in [0.1, 0.15) is 17.2 Å². The smallest absolute Gasteiger partial charge is 0.164 e. The predicted octanol–water partition coefficient (Wildman–Crippen LogP) is 2.38. The number of benzene rings is 1. The van der Waals surface area contributed by atoms with Crippen molar-refractivity contribution in [1.29, 1.82) is 0 Å². The number of pyridine rings is 1. The highest BCUT2D eigenvalue weighted by molar-refractivity contribution is 5.51. The molecule has 0 saturated carbocycles. The van der Waals surface area contributed by atoms with E-state index < -0.39 is 6.10 Å². The SMILES string of the molecule is COc1cc(OC)c(C(O)Cc2cccnc2)cc1OC. The van der Waals surface area contributed by atoms with Crippen LogP contribution in [0.15, 0.2) is 36.7 Å². The first-order valence-electron chi connectivity index (χ1n) is 6.56. The maximum Gasteiger partial charge on any atom is 0.164 e. The van der Waals surface area contributed by atoms with Crippen LogP contribution < -0.4 is 14.2 Å². The number of aliphatic hydroxyl groups is 1. The summed E-state index contributed by atoms with van der Waals surface area (Å²) in [5, 5.41) is 10.5. The summed E-state index contributed by atoms with van der Waals surface area (Å²) >= 11 is 0. The van der Waals surface area contributed by atoms with E-state index in [1.807, 2.05) is 12.1 Å². The minimum absolute atomic E-state index is 0.444. The van der Waals surface area contributed by atoms with Crippen molar-refractivity contribution in [2.75, 3.05) is 21.3 Å². The zero-order chi connectivity index (χ0) is 15.2. The number of methoxy groups -OCH3 is 3. The lowest BCUT2D eigenvalue weighted by Crippen LogP contribution is -2.05. The quantitative estimate of drug-likeness (QED) is 0.884. The van der Waals surface area contributed by atoms with Crippen molar-refractivity contribution < 1.29 is 19.3 Å². The van der Waals surface area contributed by atoms with Gasteiger partial charge in [-0.3, -0.25) is 4.98 Å². The molecule has 5 nitrogen and oxygen atoms in total. The summed E-state index contributed by atoms with van der Waals surface area (Å²) in [5.74, 6) is 1.68. The van der Waals surface area contributed by atoms with Crippen LogP contribution in [-0.4, -0.2) is 31.4 Å². The van der Waals surface area contributed by atoms with Crippen LogP contribution in [0.3, 0.4) is 0 Å². The van der Waals surface area contributed by atoms with Gasteiger partial charge >= 0.3 is 0 Å². The maximum atomic E-state index is 10.5. The van der Waals surface area contributed by atoms with E-state index in [-0.39, 0.29) is 0 Å². The molecule has 1 aromatic carbocycles. The molecule has 112 valence electrons. The molecule has 2 aromatic rings. The van der Waals surface area contributed by atoms with Crippen molar-refractivity contribution in [1.82, 2.24) is 4.98 Å². The summed E-state index contributed by atoms with van der Waals surface area (Å²) in [6, 6.07) is 7.21. The van der Waals surface area contributed by atoms with Gasteiger partial charge in [0.2, 0.25) is 0 Å². The van der Waals surface area contributed by atoms with Gasteiger partial charge in [0, 0.05) is 30.4 Å². The van der Waals surface area contributed by atoms with E-state index in [2.05, 4.69) is 4.98 Å². The van der Waals surface area contributed by atoms with Crippen molar-refractivity contribution >= 4 is 0 Å². The van der Waals surface area contributed by atoms with Crippen LogP contribution in [0, 0.1) is 0 Å². The van der Waals surface area contributed by atoms with Gasteiger partial charge in [0.15, 0.2) is 11.5 Å². The lowest BCUT2D eigenvalue weighted by atomic mass is 10.0. The maximum absolute atomic E-state index is 10.5. The number of rotatable bonds is 6. The predicted molar refractivity (Wildman–Crippen MR) is 79.0 cm³/mol. The Hall–Kier alpha value is -2.27. The molecule has 5 heteroatoms. The topological polar surface area (TPSA) is 60.8 Å². The van der Waals surface area contributed by atoms with Gasteiger partial charge < -0.3 is 19.3 Å². The van der Waals surface area contributed by atoms with Crippen molar-refractivity contribution in [3.63, 3.8) is 0 Å². The minimum Gasteiger partial charge on any atom is -0.496 e. The number of hydrogen-bond acceptors (Lipinski definition) is 5. The van der Waals surface area contributed by atoms with E-state index >= 15 is 0 Å². The van der Waals surface area contributed by atoms with Gasteiger partial charge in [0.25, 0.3) is 0 Å². The number of hydrogen-bond donors (Lipinski definition) is 1. The zero-order valence-electron chi connectivity index (χ0n) is 12.4. The van der Waals surface area contributed by atoms with Crippen LogP contribution in [0.5, 0.6) is 17.2 Å². The van der Waals surface area contributed by atoms with E-state index in [0.29, 0.717) is 29.2 Å². The zero-order valence-corrected chi connectivity index (χ0v) is 12.4.